The normalized spacial score (nSPS) is 13.0. The fraction of sp³-hybridized carbons (Fsp3) is 0.250. The Morgan fingerprint density at radius 2 is 1.71 bits per heavy atom. The Bertz CT molecular complexity index is 593. The van der Waals surface area contributed by atoms with Gasteiger partial charge in [-0.15, -0.1) is 0 Å². The fourth-order valence-corrected chi connectivity index (χ4v) is 2.02. The molecule has 0 aliphatic carbocycles. The van der Waals surface area contributed by atoms with Crippen LogP contribution in [-0.4, -0.2) is 6.54 Å². The Balaban J connectivity index is 2.07. The van der Waals surface area contributed by atoms with E-state index in [9.17, 15) is 17.6 Å². The third-order valence-corrected chi connectivity index (χ3v) is 3.25. The van der Waals surface area contributed by atoms with Crippen LogP contribution in [-0.2, 0) is 6.18 Å². The van der Waals surface area contributed by atoms with E-state index in [1.165, 1.54) is 6.07 Å². The quantitative estimate of drug-likeness (QED) is 0.778. The van der Waals surface area contributed by atoms with Gasteiger partial charge in [0.15, 0.2) is 0 Å². The Morgan fingerprint density at radius 3 is 2.33 bits per heavy atom. The summed E-state index contributed by atoms with van der Waals surface area (Å²) in [5.41, 5.74) is 0.0922. The van der Waals surface area contributed by atoms with E-state index in [-0.39, 0.29) is 11.6 Å². The van der Waals surface area contributed by atoms with E-state index in [0.717, 1.165) is 17.7 Å². The SMILES string of the molecule is CC(CNc1ccc(F)c(C(F)(F)F)c1)c1ccccc1. The van der Waals surface area contributed by atoms with Crippen LogP contribution in [0.1, 0.15) is 24.0 Å². The Labute approximate surface area is 120 Å². The van der Waals surface area contributed by atoms with Crippen LogP contribution < -0.4 is 5.32 Å². The van der Waals surface area contributed by atoms with E-state index in [2.05, 4.69) is 5.32 Å². The molecule has 21 heavy (non-hydrogen) atoms. The highest BCUT2D eigenvalue weighted by Gasteiger charge is 2.34. The summed E-state index contributed by atoms with van der Waals surface area (Å²) in [7, 11) is 0. The van der Waals surface area contributed by atoms with Gasteiger partial charge in [0.05, 0.1) is 5.56 Å². The lowest BCUT2D eigenvalue weighted by Crippen LogP contribution is -2.12. The second-order valence-electron chi connectivity index (χ2n) is 4.89. The first-order valence-electron chi connectivity index (χ1n) is 6.53. The summed E-state index contributed by atoms with van der Waals surface area (Å²) in [6.07, 6.45) is -4.69. The molecular formula is C16H15F4N. The number of halogens is 4. The van der Waals surface area contributed by atoms with Crippen molar-refractivity contribution in [2.45, 2.75) is 19.0 Å². The molecule has 2 aromatic carbocycles. The Hall–Kier alpha value is -2.04. The Kier molecular flexibility index (Phi) is 4.50. The zero-order chi connectivity index (χ0) is 15.5. The van der Waals surface area contributed by atoms with E-state index < -0.39 is 17.6 Å². The zero-order valence-electron chi connectivity index (χ0n) is 11.4. The van der Waals surface area contributed by atoms with Crippen molar-refractivity contribution in [3.8, 4) is 0 Å². The van der Waals surface area contributed by atoms with Crippen LogP contribution in [0.4, 0.5) is 23.2 Å². The van der Waals surface area contributed by atoms with Gasteiger partial charge in [0, 0.05) is 12.2 Å². The molecule has 0 fully saturated rings. The summed E-state index contributed by atoms with van der Waals surface area (Å²) >= 11 is 0. The summed E-state index contributed by atoms with van der Waals surface area (Å²) in [4.78, 5) is 0. The first-order chi connectivity index (χ1) is 9.88. The lowest BCUT2D eigenvalue weighted by atomic mass is 10.0. The summed E-state index contributed by atoms with van der Waals surface area (Å²) in [5.74, 6) is -1.13. The molecule has 0 amide bonds. The molecule has 112 valence electrons. The van der Waals surface area contributed by atoms with Gasteiger partial charge in [-0.05, 0) is 29.7 Å². The maximum absolute atomic E-state index is 13.2. The molecule has 5 heteroatoms. The average Bonchev–Trinajstić information content (AvgIpc) is 2.45. The van der Waals surface area contributed by atoms with Crippen molar-refractivity contribution in [3.05, 3.63) is 65.5 Å². The smallest absolute Gasteiger partial charge is 0.384 e. The number of hydrogen-bond acceptors (Lipinski definition) is 1. The molecule has 2 rings (SSSR count). The van der Waals surface area contributed by atoms with E-state index in [4.69, 9.17) is 0 Å². The molecule has 1 nitrogen and oxygen atoms in total. The number of benzene rings is 2. The van der Waals surface area contributed by atoms with Gasteiger partial charge in [-0.2, -0.15) is 13.2 Å². The molecule has 0 spiro atoms. The minimum absolute atomic E-state index is 0.130. The van der Waals surface area contributed by atoms with Crippen molar-refractivity contribution < 1.29 is 17.6 Å². The average molecular weight is 297 g/mol. The number of anilines is 1. The molecule has 0 aliphatic rings. The van der Waals surface area contributed by atoms with Crippen LogP contribution in [0.3, 0.4) is 0 Å². The van der Waals surface area contributed by atoms with Crippen molar-refractivity contribution in [2.75, 3.05) is 11.9 Å². The molecule has 0 heterocycles. The van der Waals surface area contributed by atoms with Crippen molar-refractivity contribution in [1.29, 1.82) is 0 Å². The topological polar surface area (TPSA) is 12.0 Å². The van der Waals surface area contributed by atoms with E-state index >= 15 is 0 Å². The highest BCUT2D eigenvalue weighted by atomic mass is 19.4. The van der Waals surface area contributed by atoms with Crippen LogP contribution in [0.5, 0.6) is 0 Å². The van der Waals surface area contributed by atoms with Crippen LogP contribution in [0.2, 0.25) is 0 Å². The molecule has 0 bridgehead atoms. The van der Waals surface area contributed by atoms with E-state index in [1.807, 2.05) is 37.3 Å². The number of alkyl halides is 3. The van der Waals surface area contributed by atoms with Gasteiger partial charge in [-0.25, -0.2) is 4.39 Å². The first kappa shape index (κ1) is 15.4. The van der Waals surface area contributed by atoms with Gasteiger partial charge in [0.25, 0.3) is 0 Å². The molecule has 0 radical (unpaired) electrons. The van der Waals surface area contributed by atoms with E-state index in [1.54, 1.807) is 0 Å². The molecule has 1 unspecified atom stereocenters. The number of nitrogens with one attached hydrogen (secondary N) is 1. The third kappa shape index (κ3) is 3.97. The van der Waals surface area contributed by atoms with Crippen molar-refractivity contribution in [3.63, 3.8) is 0 Å². The standard InChI is InChI=1S/C16H15F4N/c1-11(12-5-3-2-4-6-12)10-21-13-7-8-15(17)14(9-13)16(18,19)20/h2-9,11,21H,10H2,1H3. The monoisotopic (exact) mass is 297 g/mol. The first-order valence-corrected chi connectivity index (χ1v) is 6.53. The lowest BCUT2D eigenvalue weighted by Gasteiger charge is -2.15. The third-order valence-electron chi connectivity index (χ3n) is 3.25. The molecule has 0 saturated carbocycles. The predicted octanol–water partition coefficient (Wildman–Crippen LogP) is 5.06. The second kappa shape index (κ2) is 6.16. The Morgan fingerprint density at radius 1 is 1.05 bits per heavy atom. The highest BCUT2D eigenvalue weighted by molar-refractivity contribution is 5.47. The molecule has 0 aliphatic heterocycles. The summed E-state index contributed by atoms with van der Waals surface area (Å²) < 4.78 is 51.1. The highest BCUT2D eigenvalue weighted by Crippen LogP contribution is 2.33. The van der Waals surface area contributed by atoms with Gasteiger partial charge < -0.3 is 5.32 Å². The maximum Gasteiger partial charge on any atom is 0.419 e. The molecule has 0 saturated heterocycles. The molecular weight excluding hydrogens is 282 g/mol. The fourth-order valence-electron chi connectivity index (χ4n) is 2.02. The minimum Gasteiger partial charge on any atom is -0.384 e. The van der Waals surface area contributed by atoms with Crippen LogP contribution in [0.25, 0.3) is 0 Å². The number of rotatable bonds is 4. The van der Waals surface area contributed by atoms with Gasteiger partial charge in [0.2, 0.25) is 0 Å². The largest absolute Gasteiger partial charge is 0.419 e. The molecule has 2 aromatic rings. The van der Waals surface area contributed by atoms with Crippen molar-refractivity contribution >= 4 is 5.69 Å². The predicted molar refractivity (Wildman–Crippen MR) is 74.7 cm³/mol. The van der Waals surface area contributed by atoms with Crippen LogP contribution in [0.15, 0.2) is 48.5 Å². The molecule has 1 N–H and O–H groups in total. The van der Waals surface area contributed by atoms with Gasteiger partial charge in [-0.3, -0.25) is 0 Å². The number of hydrogen-bond donors (Lipinski definition) is 1. The van der Waals surface area contributed by atoms with Crippen LogP contribution in [0, 0.1) is 5.82 Å². The lowest BCUT2D eigenvalue weighted by molar-refractivity contribution is -0.139. The van der Waals surface area contributed by atoms with Crippen molar-refractivity contribution in [2.24, 2.45) is 0 Å². The zero-order valence-corrected chi connectivity index (χ0v) is 11.4. The van der Waals surface area contributed by atoms with Crippen molar-refractivity contribution in [1.82, 2.24) is 0 Å². The maximum atomic E-state index is 13.2. The van der Waals surface area contributed by atoms with Gasteiger partial charge in [-0.1, -0.05) is 37.3 Å². The summed E-state index contributed by atoms with van der Waals surface area (Å²) in [5, 5.41) is 2.92. The summed E-state index contributed by atoms with van der Waals surface area (Å²) in [6, 6.07) is 12.6. The molecule has 1 atom stereocenters. The minimum atomic E-state index is -4.69. The van der Waals surface area contributed by atoms with Gasteiger partial charge >= 0.3 is 6.18 Å². The summed E-state index contributed by atoms with van der Waals surface area (Å²) in [6.45, 7) is 2.43. The van der Waals surface area contributed by atoms with E-state index in [0.29, 0.717) is 6.54 Å². The second-order valence-corrected chi connectivity index (χ2v) is 4.89. The van der Waals surface area contributed by atoms with Gasteiger partial charge in [0.1, 0.15) is 5.82 Å². The van der Waals surface area contributed by atoms with Crippen LogP contribution >= 0.6 is 0 Å². The molecule has 0 aromatic heterocycles.